The van der Waals surface area contributed by atoms with Crippen LogP contribution in [0.5, 0.6) is 0 Å². The third kappa shape index (κ3) is 5.05. The maximum absolute atomic E-state index is 12.1. The lowest BCUT2D eigenvalue weighted by Crippen LogP contribution is -2.09. The summed E-state index contributed by atoms with van der Waals surface area (Å²) in [4.78, 5) is 24.4. The van der Waals surface area contributed by atoms with E-state index in [1.807, 2.05) is 25.1 Å². The van der Waals surface area contributed by atoms with E-state index in [0.717, 1.165) is 23.1 Å². The molecule has 25 heavy (non-hydrogen) atoms. The fourth-order valence-corrected chi connectivity index (χ4v) is 3.26. The molecule has 0 unspecified atom stereocenters. The third-order valence-corrected chi connectivity index (χ3v) is 4.65. The zero-order valence-electron chi connectivity index (χ0n) is 13.9. The summed E-state index contributed by atoms with van der Waals surface area (Å²) in [6.45, 7) is 1.98. The van der Waals surface area contributed by atoms with Crippen LogP contribution in [0.3, 0.4) is 0 Å². The van der Waals surface area contributed by atoms with Crippen LogP contribution in [0.15, 0.2) is 53.6 Å². The molecule has 1 amide bonds. The van der Waals surface area contributed by atoms with Crippen molar-refractivity contribution in [2.75, 3.05) is 12.4 Å². The number of amides is 1. The first-order chi connectivity index (χ1) is 12.1. The van der Waals surface area contributed by atoms with Crippen molar-refractivity contribution in [3.63, 3.8) is 0 Å². The summed E-state index contributed by atoms with van der Waals surface area (Å²) >= 11 is 7.29. The van der Waals surface area contributed by atoms with Crippen LogP contribution >= 0.6 is 22.9 Å². The van der Waals surface area contributed by atoms with E-state index in [1.165, 1.54) is 17.4 Å². The smallest absolute Gasteiger partial charge is 0.248 e. The number of rotatable bonds is 7. The SMILES string of the molecule is CC/C=C(/C=C/C(=O)Nc1csc(-c2ccc(Cl)cc2)c1C=O)OC. The Morgan fingerprint density at radius 3 is 2.60 bits per heavy atom. The van der Waals surface area contributed by atoms with Crippen molar-refractivity contribution in [2.45, 2.75) is 13.3 Å². The van der Waals surface area contributed by atoms with Crippen LogP contribution in [0, 0.1) is 0 Å². The Bertz CT molecular complexity index is 807. The number of allylic oxidation sites excluding steroid dienone is 2. The van der Waals surface area contributed by atoms with Gasteiger partial charge in [0.15, 0.2) is 6.29 Å². The first-order valence-electron chi connectivity index (χ1n) is 7.64. The van der Waals surface area contributed by atoms with Crippen molar-refractivity contribution in [2.24, 2.45) is 0 Å². The quantitative estimate of drug-likeness (QED) is 0.308. The van der Waals surface area contributed by atoms with E-state index in [1.54, 1.807) is 30.7 Å². The molecule has 0 atom stereocenters. The van der Waals surface area contributed by atoms with Crippen LogP contribution in [0.4, 0.5) is 5.69 Å². The highest BCUT2D eigenvalue weighted by molar-refractivity contribution is 7.14. The van der Waals surface area contributed by atoms with Crippen molar-refractivity contribution in [1.29, 1.82) is 0 Å². The maximum atomic E-state index is 12.1. The monoisotopic (exact) mass is 375 g/mol. The Hall–Kier alpha value is -2.37. The van der Waals surface area contributed by atoms with Gasteiger partial charge in [-0.25, -0.2) is 0 Å². The summed E-state index contributed by atoms with van der Waals surface area (Å²) in [6.07, 6.45) is 6.38. The second-order valence-corrected chi connectivity index (χ2v) is 6.37. The predicted molar refractivity (Wildman–Crippen MR) is 103 cm³/mol. The molecular formula is C19H18ClNO3S. The number of halogens is 1. The number of benzene rings is 1. The highest BCUT2D eigenvalue weighted by Gasteiger charge is 2.14. The number of carbonyl (C=O) groups is 2. The van der Waals surface area contributed by atoms with Crippen molar-refractivity contribution in [3.05, 3.63) is 64.2 Å². The molecule has 0 bridgehead atoms. The van der Waals surface area contributed by atoms with Crippen LogP contribution in [0.1, 0.15) is 23.7 Å². The molecular weight excluding hydrogens is 358 g/mol. The van der Waals surface area contributed by atoms with Crippen LogP contribution in [-0.2, 0) is 9.53 Å². The van der Waals surface area contributed by atoms with Crippen molar-refractivity contribution < 1.29 is 14.3 Å². The van der Waals surface area contributed by atoms with Gasteiger partial charge in [0.2, 0.25) is 5.91 Å². The van der Waals surface area contributed by atoms with Gasteiger partial charge in [-0.15, -0.1) is 11.3 Å². The van der Waals surface area contributed by atoms with Crippen LogP contribution in [-0.4, -0.2) is 19.3 Å². The lowest BCUT2D eigenvalue weighted by Gasteiger charge is -2.03. The fraction of sp³-hybridized carbons (Fsp3) is 0.158. The first-order valence-corrected chi connectivity index (χ1v) is 8.90. The van der Waals surface area contributed by atoms with Gasteiger partial charge >= 0.3 is 0 Å². The van der Waals surface area contributed by atoms with E-state index in [2.05, 4.69) is 5.32 Å². The molecule has 0 fully saturated rings. The molecule has 1 aromatic carbocycles. The highest BCUT2D eigenvalue weighted by atomic mass is 35.5. The van der Waals surface area contributed by atoms with Gasteiger partial charge in [0, 0.05) is 21.4 Å². The molecule has 1 N–H and O–H groups in total. The van der Waals surface area contributed by atoms with Crippen LogP contribution in [0.25, 0.3) is 10.4 Å². The normalized spacial score (nSPS) is 11.6. The maximum Gasteiger partial charge on any atom is 0.248 e. The zero-order chi connectivity index (χ0) is 18.2. The Balaban J connectivity index is 2.19. The minimum atomic E-state index is -0.331. The van der Waals surface area contributed by atoms with E-state index in [-0.39, 0.29) is 5.91 Å². The number of ether oxygens (including phenoxy) is 1. The molecule has 6 heteroatoms. The standard InChI is InChI=1S/C19H18ClNO3S/c1-3-4-15(24-2)9-10-18(23)21-17-12-25-19(16(17)11-22)13-5-7-14(20)8-6-13/h4-12H,3H2,1-2H3,(H,21,23)/b10-9+,15-4-. The van der Waals surface area contributed by atoms with E-state index < -0.39 is 0 Å². The second-order valence-electron chi connectivity index (χ2n) is 5.06. The number of hydrogen-bond acceptors (Lipinski definition) is 4. The lowest BCUT2D eigenvalue weighted by atomic mass is 10.1. The summed E-state index contributed by atoms with van der Waals surface area (Å²) in [5, 5.41) is 5.10. The second kappa shape index (κ2) is 9.20. The number of aldehydes is 1. The molecule has 1 aromatic heterocycles. The number of hydrogen-bond donors (Lipinski definition) is 1. The fourth-order valence-electron chi connectivity index (χ4n) is 2.16. The van der Waals surface area contributed by atoms with E-state index in [4.69, 9.17) is 16.3 Å². The van der Waals surface area contributed by atoms with Crippen LogP contribution in [0.2, 0.25) is 5.02 Å². The summed E-state index contributed by atoms with van der Waals surface area (Å²) < 4.78 is 5.14. The summed E-state index contributed by atoms with van der Waals surface area (Å²) in [5.41, 5.74) is 1.81. The number of thiophene rings is 1. The molecule has 0 spiro atoms. The molecule has 0 saturated carbocycles. The topological polar surface area (TPSA) is 55.4 Å². The molecule has 2 rings (SSSR count). The Morgan fingerprint density at radius 2 is 2.00 bits per heavy atom. The minimum absolute atomic E-state index is 0.331. The average Bonchev–Trinajstić information content (AvgIpc) is 3.01. The van der Waals surface area contributed by atoms with E-state index in [9.17, 15) is 9.59 Å². The summed E-state index contributed by atoms with van der Waals surface area (Å²) in [5.74, 6) is 0.281. The first kappa shape index (κ1) is 19.0. The van der Waals surface area contributed by atoms with Gasteiger partial charge in [0.25, 0.3) is 0 Å². The van der Waals surface area contributed by atoms with E-state index in [0.29, 0.717) is 22.0 Å². The summed E-state index contributed by atoms with van der Waals surface area (Å²) in [7, 11) is 1.55. The van der Waals surface area contributed by atoms with Gasteiger partial charge in [-0.1, -0.05) is 30.7 Å². The average molecular weight is 376 g/mol. The third-order valence-electron chi connectivity index (χ3n) is 3.35. The molecule has 4 nitrogen and oxygen atoms in total. The molecule has 130 valence electrons. The minimum Gasteiger partial charge on any atom is -0.497 e. The molecule has 2 aromatic rings. The Morgan fingerprint density at radius 1 is 1.28 bits per heavy atom. The number of methoxy groups -OCH3 is 1. The Labute approximate surface area is 155 Å². The van der Waals surface area contributed by atoms with E-state index >= 15 is 0 Å². The van der Waals surface area contributed by atoms with Gasteiger partial charge < -0.3 is 10.1 Å². The summed E-state index contributed by atoms with van der Waals surface area (Å²) in [6, 6.07) is 7.21. The van der Waals surface area contributed by atoms with Crippen molar-refractivity contribution in [1.82, 2.24) is 0 Å². The number of nitrogens with one attached hydrogen (secondary N) is 1. The molecule has 0 saturated heterocycles. The number of carbonyl (C=O) groups excluding carboxylic acids is 2. The molecule has 0 aliphatic heterocycles. The molecule has 0 aliphatic carbocycles. The Kier molecular flexibility index (Phi) is 6.98. The van der Waals surface area contributed by atoms with Gasteiger partial charge in [-0.2, -0.15) is 0 Å². The highest BCUT2D eigenvalue weighted by Crippen LogP contribution is 2.35. The van der Waals surface area contributed by atoms with Crippen molar-refractivity contribution >= 4 is 40.8 Å². The number of anilines is 1. The molecule has 0 aliphatic rings. The molecule has 1 heterocycles. The van der Waals surface area contributed by atoms with Crippen LogP contribution < -0.4 is 5.32 Å². The predicted octanol–water partition coefficient (Wildman–Crippen LogP) is 5.32. The lowest BCUT2D eigenvalue weighted by molar-refractivity contribution is -0.111. The largest absolute Gasteiger partial charge is 0.497 e. The van der Waals surface area contributed by atoms with Gasteiger partial charge in [-0.05, 0) is 36.3 Å². The van der Waals surface area contributed by atoms with Gasteiger partial charge in [0.05, 0.1) is 18.4 Å². The van der Waals surface area contributed by atoms with Gasteiger partial charge in [0.1, 0.15) is 5.76 Å². The van der Waals surface area contributed by atoms with Crippen molar-refractivity contribution in [3.8, 4) is 10.4 Å². The zero-order valence-corrected chi connectivity index (χ0v) is 15.5. The molecule has 0 radical (unpaired) electrons. The van der Waals surface area contributed by atoms with Gasteiger partial charge in [-0.3, -0.25) is 9.59 Å².